The lowest BCUT2D eigenvalue weighted by molar-refractivity contribution is -0.120. The van der Waals surface area contributed by atoms with Crippen LogP contribution in [0.25, 0.3) is 0 Å². The van der Waals surface area contributed by atoms with Gasteiger partial charge in [-0.2, -0.15) is 0 Å². The molecule has 0 aliphatic heterocycles. The highest BCUT2D eigenvalue weighted by atomic mass is 32.2. The van der Waals surface area contributed by atoms with Crippen molar-refractivity contribution in [2.45, 2.75) is 38.9 Å². The van der Waals surface area contributed by atoms with E-state index in [1.54, 1.807) is 13.8 Å². The molecule has 0 saturated heterocycles. The molecule has 1 amide bonds. The summed E-state index contributed by atoms with van der Waals surface area (Å²) in [6, 6.07) is 0. The number of amides is 1. The Bertz CT molecular complexity index is 362. The van der Waals surface area contributed by atoms with E-state index in [-0.39, 0.29) is 19.0 Å². The molecule has 0 bridgehead atoms. The lowest BCUT2D eigenvalue weighted by Crippen LogP contribution is -2.45. The van der Waals surface area contributed by atoms with E-state index in [0.29, 0.717) is 12.5 Å². The largest absolute Gasteiger partial charge is 0.355 e. The van der Waals surface area contributed by atoms with Crippen molar-refractivity contribution < 1.29 is 13.2 Å². The van der Waals surface area contributed by atoms with Crippen LogP contribution in [0.15, 0.2) is 0 Å². The van der Waals surface area contributed by atoms with Gasteiger partial charge in [-0.1, -0.05) is 13.8 Å². The van der Waals surface area contributed by atoms with E-state index in [4.69, 9.17) is 0 Å². The summed E-state index contributed by atoms with van der Waals surface area (Å²) in [5, 5.41) is 5.67. The van der Waals surface area contributed by atoms with E-state index >= 15 is 0 Å². The second-order valence-corrected chi connectivity index (χ2v) is 8.32. The van der Waals surface area contributed by atoms with Crippen molar-refractivity contribution >= 4 is 15.7 Å². The van der Waals surface area contributed by atoms with E-state index in [1.807, 2.05) is 0 Å². The molecule has 0 spiro atoms. The molecule has 0 heterocycles. The third-order valence-electron chi connectivity index (χ3n) is 2.88. The molecule has 0 radical (unpaired) electrons. The first-order valence-corrected chi connectivity index (χ1v) is 8.12. The van der Waals surface area contributed by atoms with Crippen molar-refractivity contribution in [2.24, 2.45) is 5.92 Å². The van der Waals surface area contributed by atoms with Gasteiger partial charge in [0.25, 0.3) is 0 Å². The predicted octanol–water partition coefficient (Wildman–Crippen LogP) is 0.562. The molecule has 0 rings (SSSR count). The highest BCUT2D eigenvalue weighted by molar-refractivity contribution is 7.92. The smallest absolute Gasteiger partial charge is 0.233 e. The standard InChI is InChI=1S/C12H26N2O3S/c1-10(2)6-7-14-11(15)8-13-9-12(3,4)18(5,16)17/h10,13H,6-9H2,1-5H3,(H,14,15). The topological polar surface area (TPSA) is 75.3 Å². The van der Waals surface area contributed by atoms with E-state index in [9.17, 15) is 13.2 Å². The zero-order valence-corrected chi connectivity index (χ0v) is 12.9. The van der Waals surface area contributed by atoms with Gasteiger partial charge in [0.15, 0.2) is 9.84 Å². The minimum absolute atomic E-state index is 0.0973. The van der Waals surface area contributed by atoms with E-state index in [1.165, 1.54) is 6.26 Å². The molecular formula is C12H26N2O3S. The first-order chi connectivity index (χ1) is 8.06. The third-order valence-corrected chi connectivity index (χ3v) is 5.04. The lowest BCUT2D eigenvalue weighted by atomic mass is 10.1. The Morgan fingerprint density at radius 2 is 1.83 bits per heavy atom. The minimum atomic E-state index is -3.12. The van der Waals surface area contributed by atoms with Crippen LogP contribution in [0.3, 0.4) is 0 Å². The number of nitrogens with one attached hydrogen (secondary N) is 2. The monoisotopic (exact) mass is 278 g/mol. The van der Waals surface area contributed by atoms with E-state index in [2.05, 4.69) is 24.5 Å². The Balaban J connectivity index is 3.88. The average molecular weight is 278 g/mol. The number of rotatable bonds is 8. The molecule has 2 N–H and O–H groups in total. The Hall–Kier alpha value is -0.620. The Labute approximate surface area is 111 Å². The Morgan fingerprint density at radius 3 is 2.28 bits per heavy atom. The van der Waals surface area contributed by atoms with Gasteiger partial charge in [0.2, 0.25) is 5.91 Å². The van der Waals surface area contributed by atoms with Crippen LogP contribution in [0, 0.1) is 5.92 Å². The maximum atomic E-state index is 11.4. The first kappa shape index (κ1) is 17.4. The fourth-order valence-corrected chi connectivity index (χ4v) is 1.54. The number of hydrogen-bond donors (Lipinski definition) is 2. The van der Waals surface area contributed by atoms with Gasteiger partial charge in [-0.3, -0.25) is 4.79 Å². The van der Waals surface area contributed by atoms with Crippen LogP contribution in [-0.4, -0.2) is 45.0 Å². The van der Waals surface area contributed by atoms with Crippen molar-refractivity contribution in [2.75, 3.05) is 25.9 Å². The molecule has 18 heavy (non-hydrogen) atoms. The molecule has 0 unspecified atom stereocenters. The minimum Gasteiger partial charge on any atom is -0.355 e. The molecule has 0 aromatic heterocycles. The molecule has 6 heteroatoms. The molecule has 0 fully saturated rings. The number of carbonyl (C=O) groups excluding carboxylic acids is 1. The van der Waals surface area contributed by atoms with Crippen LogP contribution in [-0.2, 0) is 14.6 Å². The molecule has 0 saturated carbocycles. The van der Waals surface area contributed by atoms with Gasteiger partial charge in [0.1, 0.15) is 0 Å². The summed E-state index contributed by atoms with van der Waals surface area (Å²) in [5.41, 5.74) is 0. The second kappa shape index (κ2) is 7.09. The number of carbonyl (C=O) groups is 1. The number of hydrogen-bond acceptors (Lipinski definition) is 4. The summed E-state index contributed by atoms with van der Waals surface area (Å²) in [6.07, 6.45) is 2.15. The van der Waals surface area contributed by atoms with Gasteiger partial charge in [-0.25, -0.2) is 8.42 Å². The molecule has 0 aromatic rings. The van der Waals surface area contributed by atoms with Gasteiger partial charge >= 0.3 is 0 Å². The van der Waals surface area contributed by atoms with Crippen molar-refractivity contribution in [3.8, 4) is 0 Å². The zero-order chi connectivity index (χ0) is 14.4. The first-order valence-electron chi connectivity index (χ1n) is 6.23. The van der Waals surface area contributed by atoms with Crippen molar-refractivity contribution in [3.05, 3.63) is 0 Å². The van der Waals surface area contributed by atoms with Gasteiger partial charge < -0.3 is 10.6 Å². The third kappa shape index (κ3) is 6.96. The fraction of sp³-hybridized carbons (Fsp3) is 0.917. The van der Waals surface area contributed by atoms with Gasteiger partial charge in [0.05, 0.1) is 11.3 Å². The Kier molecular flexibility index (Phi) is 6.84. The van der Waals surface area contributed by atoms with Crippen LogP contribution in [0.5, 0.6) is 0 Å². The van der Waals surface area contributed by atoms with Crippen LogP contribution >= 0.6 is 0 Å². The summed E-state index contributed by atoms with van der Waals surface area (Å²) in [4.78, 5) is 11.4. The summed E-state index contributed by atoms with van der Waals surface area (Å²) >= 11 is 0. The summed E-state index contributed by atoms with van der Waals surface area (Å²) in [7, 11) is -3.12. The maximum Gasteiger partial charge on any atom is 0.233 e. The summed E-state index contributed by atoms with van der Waals surface area (Å²) in [5.74, 6) is 0.461. The van der Waals surface area contributed by atoms with Crippen LogP contribution in [0.4, 0.5) is 0 Å². The fourth-order valence-electron chi connectivity index (χ4n) is 1.17. The van der Waals surface area contributed by atoms with Crippen LogP contribution < -0.4 is 10.6 Å². The van der Waals surface area contributed by atoms with Gasteiger partial charge in [-0.15, -0.1) is 0 Å². The van der Waals surface area contributed by atoms with Crippen LogP contribution in [0.1, 0.15) is 34.1 Å². The highest BCUT2D eigenvalue weighted by Gasteiger charge is 2.29. The molecule has 0 aliphatic carbocycles. The van der Waals surface area contributed by atoms with Crippen LogP contribution in [0.2, 0.25) is 0 Å². The molecular weight excluding hydrogens is 252 g/mol. The number of sulfone groups is 1. The van der Waals surface area contributed by atoms with E-state index in [0.717, 1.165) is 6.42 Å². The molecule has 108 valence electrons. The summed E-state index contributed by atoms with van der Waals surface area (Å²) in [6.45, 7) is 8.56. The zero-order valence-electron chi connectivity index (χ0n) is 12.0. The quantitative estimate of drug-likeness (QED) is 0.680. The molecule has 5 nitrogen and oxygen atoms in total. The van der Waals surface area contributed by atoms with Gasteiger partial charge in [0, 0.05) is 19.3 Å². The Morgan fingerprint density at radius 1 is 1.28 bits per heavy atom. The van der Waals surface area contributed by atoms with Crippen molar-refractivity contribution in [1.82, 2.24) is 10.6 Å². The molecule has 0 atom stereocenters. The van der Waals surface area contributed by atoms with E-state index < -0.39 is 14.6 Å². The normalized spacial score (nSPS) is 12.8. The van der Waals surface area contributed by atoms with Crippen molar-refractivity contribution in [3.63, 3.8) is 0 Å². The summed E-state index contributed by atoms with van der Waals surface area (Å²) < 4.78 is 22.0. The highest BCUT2D eigenvalue weighted by Crippen LogP contribution is 2.12. The molecule has 0 aromatic carbocycles. The average Bonchev–Trinajstić information content (AvgIpc) is 2.14. The second-order valence-electron chi connectivity index (χ2n) is 5.67. The lowest BCUT2D eigenvalue weighted by Gasteiger charge is -2.22. The molecule has 0 aliphatic rings. The maximum absolute atomic E-state index is 11.4. The predicted molar refractivity (Wildman–Crippen MR) is 74.3 cm³/mol. The van der Waals surface area contributed by atoms with Gasteiger partial charge in [-0.05, 0) is 26.2 Å². The SMILES string of the molecule is CC(C)CCNC(=O)CNCC(C)(C)S(C)(=O)=O. The van der Waals surface area contributed by atoms with Crippen molar-refractivity contribution in [1.29, 1.82) is 0 Å².